The van der Waals surface area contributed by atoms with Gasteiger partial charge in [-0.2, -0.15) is 5.10 Å². The Balaban J connectivity index is 1.07. The van der Waals surface area contributed by atoms with Crippen molar-refractivity contribution in [3.8, 4) is 11.4 Å². The van der Waals surface area contributed by atoms with Gasteiger partial charge in [0.25, 0.3) is 11.8 Å². The highest BCUT2D eigenvalue weighted by molar-refractivity contribution is 6.31. The van der Waals surface area contributed by atoms with Crippen LogP contribution in [-0.4, -0.2) is 44.4 Å². The number of fused-ring (bicyclic) bond motifs is 2. The van der Waals surface area contributed by atoms with Gasteiger partial charge in [-0.1, -0.05) is 23.2 Å². The summed E-state index contributed by atoms with van der Waals surface area (Å²) in [6, 6.07) is 9.15. The van der Waals surface area contributed by atoms with Gasteiger partial charge in [0.15, 0.2) is 6.10 Å². The highest BCUT2D eigenvalue weighted by atomic mass is 35.5. The van der Waals surface area contributed by atoms with Crippen LogP contribution in [0.1, 0.15) is 47.7 Å². The largest absolute Gasteiger partial charge is 0.480 e. The maximum atomic E-state index is 13.8. The van der Waals surface area contributed by atoms with Crippen molar-refractivity contribution < 1.29 is 23.8 Å². The van der Waals surface area contributed by atoms with Crippen LogP contribution in [-0.2, 0) is 4.79 Å². The molecule has 1 aromatic heterocycles. The van der Waals surface area contributed by atoms with Gasteiger partial charge in [0.05, 0.1) is 28.6 Å². The maximum Gasteiger partial charge on any atom is 0.261 e. The minimum atomic E-state index is -0.841. The summed E-state index contributed by atoms with van der Waals surface area (Å²) in [5, 5.41) is 21.3. The summed E-state index contributed by atoms with van der Waals surface area (Å²) >= 11 is 11.7. The molecule has 1 unspecified atom stereocenters. The van der Waals surface area contributed by atoms with E-state index in [0.29, 0.717) is 34.0 Å². The topological polar surface area (TPSA) is 105 Å². The van der Waals surface area contributed by atoms with Crippen LogP contribution in [0.5, 0.6) is 5.75 Å². The molecule has 3 aromatic rings. The monoisotopic (exact) mass is 544 g/mol. The summed E-state index contributed by atoms with van der Waals surface area (Å²) in [5.41, 5.74) is 0.979. The molecule has 2 amide bonds. The second kappa shape index (κ2) is 9.01. The van der Waals surface area contributed by atoms with Gasteiger partial charge >= 0.3 is 0 Å². The molecule has 3 fully saturated rings. The SMILES string of the molecule is O=C(NC12CC(C1)C(NC(=O)[C@H]1C[C@@H](O)c3cc(Cl)ccc3O1)C2)c1cnn(-c2ccc(Cl)c(F)c2)c1. The Morgan fingerprint density at radius 1 is 1.16 bits per heavy atom. The summed E-state index contributed by atoms with van der Waals surface area (Å²) in [6.07, 6.45) is 3.58. The third kappa shape index (κ3) is 4.45. The molecule has 0 saturated heterocycles. The lowest BCUT2D eigenvalue weighted by molar-refractivity contribution is -0.131. The van der Waals surface area contributed by atoms with E-state index in [1.54, 1.807) is 24.3 Å². The molecule has 0 radical (unpaired) electrons. The number of nitrogens with one attached hydrogen (secondary N) is 2. The molecule has 2 aromatic carbocycles. The van der Waals surface area contributed by atoms with Gasteiger partial charge in [0, 0.05) is 40.9 Å². The molecule has 1 aliphatic heterocycles. The Kier molecular flexibility index (Phi) is 5.89. The van der Waals surface area contributed by atoms with E-state index < -0.39 is 23.6 Å². The van der Waals surface area contributed by atoms with E-state index in [-0.39, 0.29) is 35.2 Å². The summed E-state index contributed by atoms with van der Waals surface area (Å²) < 4.78 is 21.0. The molecule has 3 aliphatic carbocycles. The van der Waals surface area contributed by atoms with Gasteiger partial charge in [0.1, 0.15) is 11.6 Å². The van der Waals surface area contributed by atoms with E-state index in [9.17, 15) is 19.1 Å². The lowest BCUT2D eigenvalue weighted by atomic mass is 9.76. The van der Waals surface area contributed by atoms with Gasteiger partial charge < -0.3 is 20.5 Å². The normalized spacial score (nSPS) is 27.6. The number of nitrogens with zero attached hydrogens (tertiary/aromatic N) is 2. The molecule has 2 bridgehead atoms. The molecule has 11 heteroatoms. The molecule has 7 rings (SSSR count). The number of aliphatic hydroxyl groups is 1. The van der Waals surface area contributed by atoms with Crippen LogP contribution in [0.15, 0.2) is 48.8 Å². The molecule has 3 saturated carbocycles. The van der Waals surface area contributed by atoms with Crippen molar-refractivity contribution in [2.75, 3.05) is 0 Å². The zero-order chi connectivity index (χ0) is 25.9. The Hall–Kier alpha value is -3.14. The molecule has 3 N–H and O–H groups in total. The Morgan fingerprint density at radius 2 is 1.97 bits per heavy atom. The highest BCUT2D eigenvalue weighted by Gasteiger charge is 2.57. The molecule has 37 heavy (non-hydrogen) atoms. The van der Waals surface area contributed by atoms with Gasteiger partial charge in [0.2, 0.25) is 0 Å². The minimum absolute atomic E-state index is 0.0105. The van der Waals surface area contributed by atoms with Gasteiger partial charge in [-0.3, -0.25) is 9.59 Å². The van der Waals surface area contributed by atoms with Gasteiger partial charge in [-0.05, 0) is 55.5 Å². The number of amides is 2. The molecule has 4 aliphatic rings. The third-order valence-electron chi connectivity index (χ3n) is 7.53. The molecular formula is C26H23Cl2FN4O4. The fraction of sp³-hybridized carbons (Fsp3) is 0.346. The van der Waals surface area contributed by atoms with Crippen LogP contribution >= 0.6 is 23.2 Å². The summed E-state index contributed by atoms with van der Waals surface area (Å²) in [7, 11) is 0. The fourth-order valence-electron chi connectivity index (χ4n) is 5.68. The van der Waals surface area contributed by atoms with Gasteiger partial charge in [-0.25, -0.2) is 9.07 Å². The van der Waals surface area contributed by atoms with E-state index in [1.165, 1.54) is 29.2 Å². The predicted octanol–water partition coefficient (Wildman–Crippen LogP) is 3.97. The van der Waals surface area contributed by atoms with E-state index in [1.807, 2.05) is 0 Å². The summed E-state index contributed by atoms with van der Waals surface area (Å²) in [6.45, 7) is 0. The van der Waals surface area contributed by atoms with Crippen molar-refractivity contribution in [3.63, 3.8) is 0 Å². The molecule has 192 valence electrons. The number of ether oxygens (including phenoxy) is 1. The number of carbonyl (C=O) groups is 2. The molecular weight excluding hydrogens is 522 g/mol. The first-order valence-electron chi connectivity index (χ1n) is 12.0. The van der Waals surface area contributed by atoms with Gasteiger partial charge in [-0.15, -0.1) is 0 Å². The maximum absolute atomic E-state index is 13.8. The number of hydrogen-bond acceptors (Lipinski definition) is 5. The van der Waals surface area contributed by atoms with Crippen LogP contribution in [0, 0.1) is 11.7 Å². The molecule has 0 spiro atoms. The van der Waals surface area contributed by atoms with Crippen molar-refractivity contribution in [1.29, 1.82) is 0 Å². The van der Waals surface area contributed by atoms with Crippen LogP contribution < -0.4 is 15.4 Å². The second-order valence-electron chi connectivity index (χ2n) is 10.0. The number of aliphatic hydroxyl groups excluding tert-OH is 1. The van der Waals surface area contributed by atoms with Crippen molar-refractivity contribution in [3.05, 3.63) is 75.8 Å². The van der Waals surface area contributed by atoms with Crippen molar-refractivity contribution in [2.45, 2.75) is 49.5 Å². The van der Waals surface area contributed by atoms with E-state index >= 15 is 0 Å². The zero-order valence-corrected chi connectivity index (χ0v) is 21.0. The highest BCUT2D eigenvalue weighted by Crippen LogP contribution is 2.52. The number of benzene rings is 2. The quantitative estimate of drug-likeness (QED) is 0.450. The summed E-state index contributed by atoms with van der Waals surface area (Å²) in [5.74, 6) is -0.426. The number of halogens is 3. The van der Waals surface area contributed by atoms with E-state index in [0.717, 1.165) is 12.8 Å². The number of aromatic nitrogens is 2. The molecule has 8 nitrogen and oxygen atoms in total. The number of carbonyl (C=O) groups excluding carboxylic acids is 2. The van der Waals surface area contributed by atoms with E-state index in [2.05, 4.69) is 15.7 Å². The Morgan fingerprint density at radius 3 is 2.76 bits per heavy atom. The average molecular weight is 545 g/mol. The lowest BCUT2D eigenvalue weighted by Gasteiger charge is -2.39. The number of rotatable bonds is 5. The Labute approximate surface area is 221 Å². The number of hydrogen-bond donors (Lipinski definition) is 3. The summed E-state index contributed by atoms with van der Waals surface area (Å²) in [4.78, 5) is 25.9. The zero-order valence-electron chi connectivity index (χ0n) is 19.5. The van der Waals surface area contributed by atoms with Crippen LogP contribution in [0.3, 0.4) is 0 Å². The Bertz CT molecular complexity index is 1410. The fourth-order valence-corrected chi connectivity index (χ4v) is 5.98. The average Bonchev–Trinajstić information content (AvgIpc) is 3.54. The first-order valence-corrected chi connectivity index (χ1v) is 12.7. The van der Waals surface area contributed by atoms with Crippen LogP contribution in [0.2, 0.25) is 10.0 Å². The smallest absolute Gasteiger partial charge is 0.261 e. The molecule has 2 heterocycles. The minimum Gasteiger partial charge on any atom is -0.480 e. The first kappa shape index (κ1) is 24.2. The standard InChI is InChI=1S/C26H23Cl2FN4O4/c27-15-1-4-22-17(5-15)21(34)7-23(37-22)25(36)31-20-10-26(8-13(20)9-26)32-24(35)14-11-30-33(12-14)16-2-3-18(28)19(29)6-16/h1-6,11-13,20-21,23,34H,7-10H2,(H,31,36)(H,32,35)/t13?,20?,21-,23-,26?/m1/s1. The predicted molar refractivity (Wildman–Crippen MR) is 133 cm³/mol. The van der Waals surface area contributed by atoms with Crippen LogP contribution in [0.25, 0.3) is 5.69 Å². The first-order chi connectivity index (χ1) is 17.7. The van der Waals surface area contributed by atoms with Crippen molar-refractivity contribution in [1.82, 2.24) is 20.4 Å². The molecule has 3 atom stereocenters. The second-order valence-corrected chi connectivity index (χ2v) is 10.9. The third-order valence-corrected chi connectivity index (χ3v) is 8.08. The van der Waals surface area contributed by atoms with Crippen LogP contribution in [0.4, 0.5) is 4.39 Å². The van der Waals surface area contributed by atoms with Crippen molar-refractivity contribution >= 4 is 35.0 Å². The van der Waals surface area contributed by atoms with E-state index in [4.69, 9.17) is 27.9 Å². The lowest BCUT2D eigenvalue weighted by Crippen LogP contribution is -2.51. The van der Waals surface area contributed by atoms with Crippen molar-refractivity contribution in [2.24, 2.45) is 5.92 Å².